The Morgan fingerprint density at radius 1 is 1.17 bits per heavy atom. The summed E-state index contributed by atoms with van der Waals surface area (Å²) < 4.78 is 0. The number of nitrogens with one attached hydrogen (secondary N) is 1. The van der Waals surface area contributed by atoms with Crippen molar-refractivity contribution >= 4 is 0 Å². The maximum absolute atomic E-state index is 5.91. The molecule has 18 heavy (non-hydrogen) atoms. The summed E-state index contributed by atoms with van der Waals surface area (Å²) in [5.41, 5.74) is 4.88. The summed E-state index contributed by atoms with van der Waals surface area (Å²) in [7, 11) is 0. The molecular formula is C16H26N2. The van der Waals surface area contributed by atoms with Crippen LogP contribution in [0, 0.1) is 5.92 Å². The minimum Gasteiger partial charge on any atom is -0.271 e. The smallest absolute Gasteiger partial charge is 0.0335 e. The Kier molecular flexibility index (Phi) is 4.41. The number of nitrogens with two attached hydrogens (primary N) is 1. The van der Waals surface area contributed by atoms with Crippen LogP contribution in [0.4, 0.5) is 0 Å². The van der Waals surface area contributed by atoms with Gasteiger partial charge in [-0.25, -0.2) is 0 Å². The van der Waals surface area contributed by atoms with Gasteiger partial charge in [-0.05, 0) is 24.3 Å². The van der Waals surface area contributed by atoms with Crippen molar-refractivity contribution < 1.29 is 0 Å². The highest BCUT2D eigenvalue weighted by Gasteiger charge is 2.47. The number of hydrogen-bond donors (Lipinski definition) is 2. The van der Waals surface area contributed by atoms with Crippen molar-refractivity contribution in [3.63, 3.8) is 0 Å². The Hall–Kier alpha value is -0.860. The normalized spacial score (nSPS) is 19.6. The molecule has 1 unspecified atom stereocenters. The Morgan fingerprint density at radius 2 is 1.78 bits per heavy atom. The van der Waals surface area contributed by atoms with E-state index < -0.39 is 0 Å². The first-order valence-corrected chi connectivity index (χ1v) is 7.30. The molecule has 0 saturated heterocycles. The van der Waals surface area contributed by atoms with Gasteiger partial charge in [0.15, 0.2) is 0 Å². The topological polar surface area (TPSA) is 38.0 Å². The van der Waals surface area contributed by atoms with Crippen molar-refractivity contribution in [1.29, 1.82) is 0 Å². The molecule has 0 aliphatic heterocycles. The summed E-state index contributed by atoms with van der Waals surface area (Å²) >= 11 is 0. The average molecular weight is 246 g/mol. The Morgan fingerprint density at radius 3 is 2.17 bits per heavy atom. The monoisotopic (exact) mass is 246 g/mol. The van der Waals surface area contributed by atoms with Gasteiger partial charge in [0.1, 0.15) is 0 Å². The van der Waals surface area contributed by atoms with Crippen LogP contribution in [0.25, 0.3) is 0 Å². The fourth-order valence-corrected chi connectivity index (χ4v) is 3.61. The van der Waals surface area contributed by atoms with Crippen LogP contribution in [-0.2, 0) is 5.41 Å². The molecule has 1 aromatic rings. The van der Waals surface area contributed by atoms with Crippen molar-refractivity contribution in [3.8, 4) is 0 Å². The molecule has 1 aromatic carbocycles. The summed E-state index contributed by atoms with van der Waals surface area (Å²) in [6.07, 6.45) is 6.25. The third kappa shape index (κ3) is 2.19. The van der Waals surface area contributed by atoms with Gasteiger partial charge < -0.3 is 0 Å². The van der Waals surface area contributed by atoms with Crippen molar-refractivity contribution in [3.05, 3.63) is 35.9 Å². The fraction of sp³-hybridized carbons (Fsp3) is 0.625. The molecule has 0 spiro atoms. The van der Waals surface area contributed by atoms with E-state index in [0.717, 1.165) is 0 Å². The highest BCUT2D eigenvalue weighted by Crippen LogP contribution is 2.48. The molecule has 1 saturated carbocycles. The molecule has 0 radical (unpaired) electrons. The Balaban J connectivity index is 2.31. The van der Waals surface area contributed by atoms with Gasteiger partial charge in [-0.3, -0.25) is 11.3 Å². The van der Waals surface area contributed by atoms with Gasteiger partial charge in [0.25, 0.3) is 0 Å². The molecule has 0 aromatic heterocycles. The molecule has 1 aliphatic carbocycles. The summed E-state index contributed by atoms with van der Waals surface area (Å²) in [5.74, 6) is 6.57. The van der Waals surface area contributed by atoms with E-state index in [9.17, 15) is 0 Å². The van der Waals surface area contributed by atoms with Crippen LogP contribution in [0.1, 0.15) is 51.5 Å². The molecule has 100 valence electrons. The lowest BCUT2D eigenvalue weighted by Crippen LogP contribution is -2.58. The molecule has 1 fully saturated rings. The molecule has 0 heterocycles. The van der Waals surface area contributed by atoms with Crippen molar-refractivity contribution in [2.24, 2.45) is 11.8 Å². The molecule has 1 atom stereocenters. The minimum absolute atomic E-state index is 0.271. The Labute approximate surface area is 111 Å². The molecule has 0 bridgehead atoms. The van der Waals surface area contributed by atoms with Gasteiger partial charge in [0, 0.05) is 11.5 Å². The van der Waals surface area contributed by atoms with Crippen LogP contribution in [0.2, 0.25) is 0 Å². The van der Waals surface area contributed by atoms with Crippen LogP contribution in [-0.4, -0.2) is 6.04 Å². The molecule has 0 amide bonds. The highest BCUT2D eigenvalue weighted by atomic mass is 15.2. The second-order valence-electron chi connectivity index (χ2n) is 5.60. The fourth-order valence-electron chi connectivity index (χ4n) is 3.61. The lowest BCUT2D eigenvalue weighted by atomic mass is 9.57. The van der Waals surface area contributed by atoms with Gasteiger partial charge in [0.05, 0.1) is 0 Å². The van der Waals surface area contributed by atoms with Gasteiger partial charge in [-0.15, -0.1) is 0 Å². The van der Waals surface area contributed by atoms with Crippen molar-refractivity contribution in [2.45, 2.75) is 57.4 Å². The number of hydrogen-bond acceptors (Lipinski definition) is 2. The predicted octanol–water partition coefficient (Wildman–Crippen LogP) is 3.38. The number of hydrazine groups is 1. The maximum atomic E-state index is 5.91. The molecule has 3 N–H and O–H groups in total. The van der Waals surface area contributed by atoms with Crippen LogP contribution in [0.3, 0.4) is 0 Å². The van der Waals surface area contributed by atoms with Crippen LogP contribution < -0.4 is 11.3 Å². The zero-order valence-corrected chi connectivity index (χ0v) is 11.7. The predicted molar refractivity (Wildman–Crippen MR) is 77.2 cm³/mol. The van der Waals surface area contributed by atoms with E-state index in [2.05, 4.69) is 49.6 Å². The van der Waals surface area contributed by atoms with E-state index in [4.69, 9.17) is 5.84 Å². The van der Waals surface area contributed by atoms with E-state index in [1.165, 1.54) is 37.7 Å². The van der Waals surface area contributed by atoms with Gasteiger partial charge in [-0.1, -0.05) is 63.4 Å². The second kappa shape index (κ2) is 5.85. The average Bonchev–Trinajstić information content (AvgIpc) is 2.38. The van der Waals surface area contributed by atoms with Crippen molar-refractivity contribution in [1.82, 2.24) is 5.43 Å². The lowest BCUT2D eigenvalue weighted by molar-refractivity contribution is 0.120. The van der Waals surface area contributed by atoms with E-state index in [1.807, 2.05) is 0 Å². The zero-order chi connectivity index (χ0) is 13.0. The van der Waals surface area contributed by atoms with Gasteiger partial charge in [-0.2, -0.15) is 0 Å². The van der Waals surface area contributed by atoms with Crippen LogP contribution >= 0.6 is 0 Å². The third-order valence-electron chi connectivity index (χ3n) is 4.89. The standard InChI is InChI=1S/C16H26N2/c1-3-13(4-2)15(18-17)16(11-8-12-16)14-9-6-5-7-10-14/h5-7,9-10,13,15,18H,3-4,8,11-12,17H2,1-2H3. The van der Waals surface area contributed by atoms with Crippen molar-refractivity contribution in [2.75, 3.05) is 0 Å². The largest absolute Gasteiger partial charge is 0.271 e. The number of rotatable bonds is 6. The summed E-state index contributed by atoms with van der Waals surface area (Å²) in [6, 6.07) is 11.3. The second-order valence-corrected chi connectivity index (χ2v) is 5.60. The Bertz CT molecular complexity index is 353. The maximum Gasteiger partial charge on any atom is 0.0335 e. The summed E-state index contributed by atoms with van der Waals surface area (Å²) in [5, 5.41) is 0. The highest BCUT2D eigenvalue weighted by molar-refractivity contribution is 5.31. The lowest BCUT2D eigenvalue weighted by Gasteiger charge is -2.50. The molecular weight excluding hydrogens is 220 g/mol. The first kappa shape index (κ1) is 13.6. The first-order chi connectivity index (χ1) is 8.78. The summed E-state index contributed by atoms with van der Waals surface area (Å²) in [4.78, 5) is 0. The molecule has 2 rings (SSSR count). The molecule has 2 nitrogen and oxygen atoms in total. The summed E-state index contributed by atoms with van der Waals surface area (Å²) in [6.45, 7) is 4.55. The van der Waals surface area contributed by atoms with Crippen LogP contribution in [0.15, 0.2) is 30.3 Å². The van der Waals surface area contributed by atoms with Crippen LogP contribution in [0.5, 0.6) is 0 Å². The van der Waals surface area contributed by atoms with Gasteiger partial charge in [0.2, 0.25) is 0 Å². The zero-order valence-electron chi connectivity index (χ0n) is 11.7. The number of benzene rings is 1. The minimum atomic E-state index is 0.271. The van der Waals surface area contributed by atoms with E-state index in [1.54, 1.807) is 0 Å². The SMILES string of the molecule is CCC(CC)C(NN)C1(c2ccccc2)CCC1. The van der Waals surface area contributed by atoms with E-state index in [-0.39, 0.29) is 5.41 Å². The molecule has 1 aliphatic rings. The van der Waals surface area contributed by atoms with Gasteiger partial charge >= 0.3 is 0 Å². The molecule has 2 heteroatoms. The third-order valence-corrected chi connectivity index (χ3v) is 4.89. The quantitative estimate of drug-likeness (QED) is 0.596. The van der Waals surface area contributed by atoms with E-state index in [0.29, 0.717) is 12.0 Å². The first-order valence-electron chi connectivity index (χ1n) is 7.30. The van der Waals surface area contributed by atoms with E-state index >= 15 is 0 Å².